The second kappa shape index (κ2) is 6.75. The van der Waals surface area contributed by atoms with Crippen molar-refractivity contribution in [2.75, 3.05) is 25.0 Å². The predicted octanol–water partition coefficient (Wildman–Crippen LogP) is 1.82. The Hall–Kier alpha value is -1.55. The van der Waals surface area contributed by atoms with E-state index in [9.17, 15) is 4.79 Å². The molecule has 1 aliphatic rings. The largest absolute Gasteiger partial charge is 0.365 e. The van der Waals surface area contributed by atoms with E-state index in [0.717, 1.165) is 18.3 Å². The minimum Gasteiger partial charge on any atom is -0.365 e. The Morgan fingerprint density at radius 3 is 2.75 bits per heavy atom. The van der Waals surface area contributed by atoms with Gasteiger partial charge in [0.25, 0.3) is 0 Å². The minimum atomic E-state index is 0.0622. The molecule has 0 spiro atoms. The van der Waals surface area contributed by atoms with E-state index in [0.29, 0.717) is 13.1 Å². The Bertz CT molecular complexity index is 469. The van der Waals surface area contributed by atoms with E-state index in [4.69, 9.17) is 0 Å². The lowest BCUT2D eigenvalue weighted by Crippen LogP contribution is -2.35. The van der Waals surface area contributed by atoms with Crippen molar-refractivity contribution in [2.24, 2.45) is 0 Å². The first-order valence-corrected chi connectivity index (χ1v) is 7.41. The van der Waals surface area contributed by atoms with Gasteiger partial charge in [-0.15, -0.1) is 0 Å². The first-order valence-electron chi connectivity index (χ1n) is 7.41. The summed E-state index contributed by atoms with van der Waals surface area (Å²) in [7, 11) is 1.95. The van der Waals surface area contributed by atoms with Crippen molar-refractivity contribution in [2.45, 2.75) is 39.3 Å². The number of nitrogens with zero attached hydrogens (tertiary/aromatic N) is 1. The van der Waals surface area contributed by atoms with Crippen LogP contribution >= 0.6 is 0 Å². The van der Waals surface area contributed by atoms with E-state index in [1.54, 1.807) is 0 Å². The average molecular weight is 275 g/mol. The highest BCUT2D eigenvalue weighted by Crippen LogP contribution is 2.22. The maximum absolute atomic E-state index is 11.6. The average Bonchev–Trinajstić information content (AvgIpc) is 3.21. The Labute approximate surface area is 121 Å². The van der Waals surface area contributed by atoms with E-state index in [1.807, 2.05) is 18.9 Å². The van der Waals surface area contributed by atoms with Crippen LogP contribution in [-0.2, 0) is 11.3 Å². The van der Waals surface area contributed by atoms with Crippen molar-refractivity contribution >= 4 is 11.6 Å². The lowest BCUT2D eigenvalue weighted by molar-refractivity contribution is -0.119. The van der Waals surface area contributed by atoms with Gasteiger partial charge < -0.3 is 15.5 Å². The van der Waals surface area contributed by atoms with Crippen molar-refractivity contribution in [3.63, 3.8) is 0 Å². The number of aryl methyl sites for hydroxylation is 1. The van der Waals surface area contributed by atoms with Gasteiger partial charge in [0.15, 0.2) is 0 Å². The molecule has 0 saturated heterocycles. The number of hydrogen-bond donors (Lipinski definition) is 2. The number of carbonyl (C=O) groups excluding carboxylic acids is 1. The molecule has 0 aromatic heterocycles. The fraction of sp³-hybridized carbons (Fsp3) is 0.562. The number of hydrogen-bond acceptors (Lipinski definition) is 3. The third-order valence-electron chi connectivity index (χ3n) is 3.68. The molecule has 2 rings (SSSR count). The number of amides is 1. The third-order valence-corrected chi connectivity index (χ3v) is 3.68. The van der Waals surface area contributed by atoms with E-state index in [1.165, 1.54) is 24.0 Å². The fourth-order valence-corrected chi connectivity index (χ4v) is 2.22. The van der Waals surface area contributed by atoms with Crippen LogP contribution in [0.25, 0.3) is 0 Å². The summed E-state index contributed by atoms with van der Waals surface area (Å²) < 4.78 is 0. The molecule has 1 aromatic carbocycles. The molecule has 1 fully saturated rings. The van der Waals surface area contributed by atoms with Gasteiger partial charge in [0, 0.05) is 31.9 Å². The molecule has 110 valence electrons. The van der Waals surface area contributed by atoms with Crippen LogP contribution in [-0.4, -0.2) is 32.1 Å². The van der Waals surface area contributed by atoms with E-state index in [-0.39, 0.29) is 5.91 Å². The molecule has 0 heterocycles. The molecule has 1 aromatic rings. The maximum atomic E-state index is 11.6. The van der Waals surface area contributed by atoms with E-state index in [2.05, 4.69) is 35.8 Å². The lowest BCUT2D eigenvalue weighted by Gasteiger charge is -2.20. The summed E-state index contributed by atoms with van der Waals surface area (Å²) in [6, 6.07) is 7.14. The first-order chi connectivity index (χ1) is 9.60. The van der Waals surface area contributed by atoms with Crippen LogP contribution in [0.4, 0.5) is 5.69 Å². The van der Waals surface area contributed by atoms with Crippen molar-refractivity contribution in [3.8, 4) is 0 Å². The van der Waals surface area contributed by atoms with Crippen molar-refractivity contribution < 1.29 is 4.79 Å². The van der Waals surface area contributed by atoms with E-state index >= 15 is 0 Å². The van der Waals surface area contributed by atoms with Crippen LogP contribution in [0.3, 0.4) is 0 Å². The van der Waals surface area contributed by atoms with Gasteiger partial charge in [-0.1, -0.05) is 6.07 Å². The molecule has 0 unspecified atom stereocenters. The van der Waals surface area contributed by atoms with Gasteiger partial charge in [0.05, 0.1) is 6.54 Å². The van der Waals surface area contributed by atoms with Crippen LogP contribution in [0.15, 0.2) is 18.2 Å². The molecule has 4 heteroatoms. The van der Waals surface area contributed by atoms with Gasteiger partial charge in [-0.2, -0.15) is 0 Å². The zero-order valence-corrected chi connectivity index (χ0v) is 12.7. The summed E-state index contributed by atoms with van der Waals surface area (Å²) in [5, 5.41) is 6.35. The van der Waals surface area contributed by atoms with Gasteiger partial charge in [0.2, 0.25) is 5.91 Å². The molecule has 4 nitrogen and oxygen atoms in total. The van der Waals surface area contributed by atoms with Crippen molar-refractivity contribution in [1.29, 1.82) is 0 Å². The van der Waals surface area contributed by atoms with Crippen molar-refractivity contribution in [3.05, 3.63) is 29.3 Å². The Morgan fingerprint density at radius 2 is 2.15 bits per heavy atom. The second-order valence-electron chi connectivity index (χ2n) is 5.58. The zero-order chi connectivity index (χ0) is 14.5. The van der Waals surface area contributed by atoms with Crippen LogP contribution in [0.1, 0.15) is 30.9 Å². The minimum absolute atomic E-state index is 0.0622. The third kappa shape index (κ3) is 4.23. The van der Waals surface area contributed by atoms with Crippen LogP contribution in [0.2, 0.25) is 0 Å². The fourth-order valence-electron chi connectivity index (χ4n) is 2.22. The first kappa shape index (κ1) is 14.9. The van der Waals surface area contributed by atoms with Crippen LogP contribution in [0, 0.1) is 6.92 Å². The maximum Gasteiger partial charge on any atom is 0.239 e. The van der Waals surface area contributed by atoms with E-state index < -0.39 is 0 Å². The molecule has 0 bridgehead atoms. The van der Waals surface area contributed by atoms with Gasteiger partial charge in [-0.25, -0.2) is 0 Å². The summed E-state index contributed by atoms with van der Waals surface area (Å²) in [4.78, 5) is 13.6. The number of anilines is 1. The molecule has 0 aliphatic heterocycles. The molecular weight excluding hydrogens is 250 g/mol. The highest BCUT2D eigenvalue weighted by molar-refractivity contribution is 5.81. The van der Waals surface area contributed by atoms with Gasteiger partial charge >= 0.3 is 0 Å². The van der Waals surface area contributed by atoms with Crippen molar-refractivity contribution in [1.82, 2.24) is 10.6 Å². The Kier molecular flexibility index (Phi) is 5.01. The molecule has 2 N–H and O–H groups in total. The molecule has 1 amide bonds. The standard InChI is InChI=1S/C16H25N3O/c1-4-17-16(20)11-19(3)15-8-5-13(12(2)9-15)10-18-14-6-7-14/h5,8-9,14,18H,4,6-7,10-11H2,1-3H3,(H,17,20). The number of carbonyl (C=O) groups is 1. The van der Waals surface area contributed by atoms with Gasteiger partial charge in [0.1, 0.15) is 0 Å². The second-order valence-corrected chi connectivity index (χ2v) is 5.58. The number of rotatable bonds is 7. The number of benzene rings is 1. The Morgan fingerprint density at radius 1 is 1.40 bits per heavy atom. The topological polar surface area (TPSA) is 44.4 Å². The number of nitrogens with one attached hydrogen (secondary N) is 2. The zero-order valence-electron chi connectivity index (χ0n) is 12.7. The van der Waals surface area contributed by atoms with Gasteiger partial charge in [-0.05, 0) is 49.9 Å². The highest BCUT2D eigenvalue weighted by atomic mass is 16.1. The predicted molar refractivity (Wildman–Crippen MR) is 83.0 cm³/mol. The SMILES string of the molecule is CCNC(=O)CN(C)c1ccc(CNC2CC2)c(C)c1. The monoisotopic (exact) mass is 275 g/mol. The quantitative estimate of drug-likeness (QED) is 0.798. The normalized spacial score (nSPS) is 14.2. The van der Waals surface area contributed by atoms with Crippen LogP contribution in [0.5, 0.6) is 0 Å². The molecule has 20 heavy (non-hydrogen) atoms. The summed E-state index contributed by atoms with van der Waals surface area (Å²) >= 11 is 0. The van der Waals surface area contributed by atoms with Gasteiger partial charge in [-0.3, -0.25) is 4.79 Å². The summed E-state index contributed by atoms with van der Waals surface area (Å²) in [5.41, 5.74) is 3.70. The van der Waals surface area contributed by atoms with Crippen LogP contribution < -0.4 is 15.5 Å². The lowest BCUT2D eigenvalue weighted by atomic mass is 10.1. The molecular formula is C16H25N3O. The Balaban J connectivity index is 1.94. The molecule has 0 atom stereocenters. The summed E-state index contributed by atoms with van der Waals surface area (Å²) in [6.45, 7) is 6.08. The smallest absolute Gasteiger partial charge is 0.239 e. The molecule has 0 radical (unpaired) electrons. The molecule has 1 aliphatic carbocycles. The molecule has 1 saturated carbocycles. The number of likely N-dealkylation sites (N-methyl/N-ethyl adjacent to an activating group) is 2. The summed E-state index contributed by atoms with van der Waals surface area (Å²) in [5.74, 6) is 0.0622. The summed E-state index contributed by atoms with van der Waals surface area (Å²) in [6.07, 6.45) is 2.62. The highest BCUT2D eigenvalue weighted by Gasteiger charge is 2.20.